The van der Waals surface area contributed by atoms with Gasteiger partial charge in [-0.2, -0.15) is 0 Å². The lowest BCUT2D eigenvalue weighted by molar-refractivity contribution is 0.0996. The maximum atomic E-state index is 12.3. The minimum Gasteiger partial charge on any atom is -0.493 e. The second-order valence-corrected chi connectivity index (χ2v) is 6.59. The van der Waals surface area contributed by atoms with Crippen LogP contribution >= 0.6 is 38.9 Å². The number of benzene rings is 1. The number of fused-ring (bicyclic) bond motifs is 1. The van der Waals surface area contributed by atoms with E-state index in [0.717, 1.165) is 27.8 Å². The number of Topliss-reactive ketones (excluding diaryl/α,β-unsaturated/α-hetero) is 1. The number of thiophene rings is 1. The Morgan fingerprint density at radius 2 is 2.32 bits per heavy atom. The fourth-order valence-electron chi connectivity index (χ4n) is 2.22. The number of ether oxygens (including phenoxy) is 1. The minimum atomic E-state index is 0.0378. The molecule has 98 valence electrons. The van der Waals surface area contributed by atoms with E-state index in [4.69, 9.17) is 16.3 Å². The fourth-order valence-corrected chi connectivity index (χ4v) is 3.88. The molecule has 0 unspecified atom stereocenters. The molecule has 0 saturated carbocycles. The molecule has 0 spiro atoms. The predicted molar refractivity (Wildman–Crippen MR) is 80.7 cm³/mol. The number of carbonyl (C=O) groups excluding carboxylic acids is 1. The van der Waals surface area contributed by atoms with E-state index in [2.05, 4.69) is 22.0 Å². The summed E-state index contributed by atoms with van der Waals surface area (Å²) in [5, 5.41) is 2.36. The summed E-state index contributed by atoms with van der Waals surface area (Å²) in [6, 6.07) is 5.75. The van der Waals surface area contributed by atoms with Crippen LogP contribution in [0.5, 0.6) is 5.75 Å². The van der Waals surface area contributed by atoms with Gasteiger partial charge < -0.3 is 4.74 Å². The molecule has 0 radical (unpaired) electrons. The maximum Gasteiger partial charge on any atom is 0.178 e. The van der Waals surface area contributed by atoms with E-state index in [9.17, 15) is 4.79 Å². The highest BCUT2D eigenvalue weighted by molar-refractivity contribution is 9.10. The van der Waals surface area contributed by atoms with Crippen molar-refractivity contribution in [3.05, 3.63) is 49.1 Å². The Hall–Kier alpha value is -0.840. The zero-order valence-corrected chi connectivity index (χ0v) is 13.1. The van der Waals surface area contributed by atoms with Crippen molar-refractivity contribution in [3.8, 4) is 5.75 Å². The van der Waals surface area contributed by atoms with Crippen LogP contribution in [0.2, 0.25) is 5.02 Å². The molecule has 19 heavy (non-hydrogen) atoms. The molecule has 0 amide bonds. The van der Waals surface area contributed by atoms with Gasteiger partial charge in [0, 0.05) is 22.9 Å². The van der Waals surface area contributed by atoms with E-state index in [1.165, 1.54) is 11.3 Å². The lowest BCUT2D eigenvalue weighted by Crippen LogP contribution is -2.03. The van der Waals surface area contributed by atoms with Gasteiger partial charge in [0.05, 0.1) is 16.5 Å². The Balaban J connectivity index is 1.92. The number of ketones is 1. The zero-order valence-electron chi connectivity index (χ0n) is 9.91. The fraction of sp³-hybridized carbons (Fsp3) is 0.214. The average molecular weight is 358 g/mol. The van der Waals surface area contributed by atoms with E-state index < -0.39 is 0 Å². The summed E-state index contributed by atoms with van der Waals surface area (Å²) in [7, 11) is 0. The third-order valence-corrected chi connectivity index (χ3v) is 4.89. The Morgan fingerprint density at radius 1 is 1.47 bits per heavy atom. The van der Waals surface area contributed by atoms with Crippen molar-refractivity contribution in [1.82, 2.24) is 0 Å². The first-order valence-corrected chi connectivity index (χ1v) is 7.90. The highest BCUT2D eigenvalue weighted by atomic mass is 79.9. The smallest absolute Gasteiger partial charge is 0.178 e. The van der Waals surface area contributed by atoms with Gasteiger partial charge in [0.2, 0.25) is 0 Å². The molecule has 1 aromatic heterocycles. The van der Waals surface area contributed by atoms with E-state index in [1.807, 2.05) is 11.4 Å². The molecule has 1 aromatic carbocycles. The first kappa shape index (κ1) is 13.2. The van der Waals surface area contributed by atoms with Crippen LogP contribution in [-0.4, -0.2) is 12.4 Å². The number of hydrogen-bond acceptors (Lipinski definition) is 3. The quantitative estimate of drug-likeness (QED) is 0.755. The summed E-state index contributed by atoms with van der Waals surface area (Å²) in [4.78, 5) is 12.9. The van der Waals surface area contributed by atoms with Crippen molar-refractivity contribution in [1.29, 1.82) is 0 Å². The van der Waals surface area contributed by atoms with Gasteiger partial charge in [0.1, 0.15) is 5.75 Å². The van der Waals surface area contributed by atoms with E-state index in [0.29, 0.717) is 22.9 Å². The topological polar surface area (TPSA) is 26.3 Å². The lowest BCUT2D eigenvalue weighted by atomic mass is 10.0. The summed E-state index contributed by atoms with van der Waals surface area (Å²) in [5.41, 5.74) is 2.09. The Bertz CT molecular complexity index is 651. The lowest BCUT2D eigenvalue weighted by Gasteiger charge is -2.08. The Kier molecular flexibility index (Phi) is 3.65. The molecule has 1 aliphatic rings. The SMILES string of the molecule is O=C(Cc1cc(Br)cc2c1OCC2)c1sccc1Cl. The van der Waals surface area contributed by atoms with Gasteiger partial charge in [-0.25, -0.2) is 0 Å². The van der Waals surface area contributed by atoms with Crippen molar-refractivity contribution in [2.75, 3.05) is 6.61 Å². The van der Waals surface area contributed by atoms with Crippen LogP contribution in [0.4, 0.5) is 0 Å². The minimum absolute atomic E-state index is 0.0378. The van der Waals surface area contributed by atoms with Crippen LogP contribution in [0.1, 0.15) is 20.8 Å². The maximum absolute atomic E-state index is 12.3. The molecule has 0 bridgehead atoms. The third kappa shape index (κ3) is 2.57. The van der Waals surface area contributed by atoms with Crippen LogP contribution in [0.25, 0.3) is 0 Å². The van der Waals surface area contributed by atoms with Crippen LogP contribution in [0.3, 0.4) is 0 Å². The molecule has 3 rings (SSSR count). The van der Waals surface area contributed by atoms with Gasteiger partial charge in [-0.3, -0.25) is 4.79 Å². The molecule has 0 N–H and O–H groups in total. The average Bonchev–Trinajstić information content (AvgIpc) is 2.97. The van der Waals surface area contributed by atoms with Crippen molar-refractivity contribution in [3.63, 3.8) is 0 Å². The van der Waals surface area contributed by atoms with Crippen molar-refractivity contribution in [2.45, 2.75) is 12.8 Å². The number of rotatable bonds is 3. The third-order valence-electron chi connectivity index (χ3n) is 3.05. The summed E-state index contributed by atoms with van der Waals surface area (Å²) < 4.78 is 6.61. The molecule has 5 heteroatoms. The highest BCUT2D eigenvalue weighted by Gasteiger charge is 2.21. The number of hydrogen-bond donors (Lipinski definition) is 0. The van der Waals surface area contributed by atoms with Gasteiger partial charge >= 0.3 is 0 Å². The molecule has 2 heterocycles. The summed E-state index contributed by atoms with van der Waals surface area (Å²) >= 11 is 10.9. The molecule has 1 aliphatic heterocycles. The summed E-state index contributed by atoms with van der Waals surface area (Å²) in [5.74, 6) is 0.903. The first-order valence-electron chi connectivity index (χ1n) is 5.85. The van der Waals surface area contributed by atoms with Crippen LogP contribution in [-0.2, 0) is 12.8 Å². The largest absolute Gasteiger partial charge is 0.493 e. The van der Waals surface area contributed by atoms with Gasteiger partial charge in [0.15, 0.2) is 5.78 Å². The second kappa shape index (κ2) is 5.27. The van der Waals surface area contributed by atoms with Gasteiger partial charge in [0.25, 0.3) is 0 Å². The van der Waals surface area contributed by atoms with Gasteiger partial charge in [-0.15, -0.1) is 11.3 Å². The molecule has 0 saturated heterocycles. The van der Waals surface area contributed by atoms with E-state index in [-0.39, 0.29) is 5.78 Å². The van der Waals surface area contributed by atoms with Gasteiger partial charge in [-0.05, 0) is 29.1 Å². The monoisotopic (exact) mass is 356 g/mol. The van der Waals surface area contributed by atoms with Crippen molar-refractivity contribution >= 4 is 44.7 Å². The van der Waals surface area contributed by atoms with E-state index in [1.54, 1.807) is 6.07 Å². The van der Waals surface area contributed by atoms with E-state index >= 15 is 0 Å². The molecule has 0 atom stereocenters. The first-order chi connectivity index (χ1) is 9.15. The summed E-state index contributed by atoms with van der Waals surface area (Å²) in [6.07, 6.45) is 1.22. The Labute approximate surface area is 128 Å². The predicted octanol–water partition coefficient (Wildman–Crippen LogP) is 4.52. The Morgan fingerprint density at radius 3 is 3.05 bits per heavy atom. The zero-order chi connectivity index (χ0) is 13.4. The highest BCUT2D eigenvalue weighted by Crippen LogP contribution is 2.34. The second-order valence-electron chi connectivity index (χ2n) is 4.35. The molecule has 2 aromatic rings. The molecular formula is C14H10BrClO2S. The summed E-state index contributed by atoms with van der Waals surface area (Å²) in [6.45, 7) is 0.687. The number of carbonyl (C=O) groups is 1. The van der Waals surface area contributed by atoms with Crippen LogP contribution in [0.15, 0.2) is 28.1 Å². The molecule has 0 aliphatic carbocycles. The number of halogens is 2. The normalized spacial score (nSPS) is 13.2. The van der Waals surface area contributed by atoms with Gasteiger partial charge in [-0.1, -0.05) is 27.5 Å². The molecule has 2 nitrogen and oxygen atoms in total. The molecular weight excluding hydrogens is 348 g/mol. The standard InChI is InChI=1S/C14H10BrClO2S/c15-10-5-8-1-3-18-13(8)9(6-10)7-12(17)14-11(16)2-4-19-14/h2,4-6H,1,3,7H2. The van der Waals surface area contributed by atoms with Crippen LogP contribution in [0, 0.1) is 0 Å². The van der Waals surface area contributed by atoms with Crippen LogP contribution < -0.4 is 4.74 Å². The van der Waals surface area contributed by atoms with Crippen molar-refractivity contribution in [2.24, 2.45) is 0 Å². The molecule has 0 fully saturated rings. The van der Waals surface area contributed by atoms with Crippen molar-refractivity contribution < 1.29 is 9.53 Å².